The number of benzene rings is 1. The summed E-state index contributed by atoms with van der Waals surface area (Å²) < 4.78 is 15.6. The largest absolute Gasteiger partial charge is 0.492 e. The van der Waals surface area contributed by atoms with Crippen LogP contribution in [0.3, 0.4) is 0 Å². The van der Waals surface area contributed by atoms with Crippen molar-refractivity contribution < 1.29 is 32.3 Å². The van der Waals surface area contributed by atoms with Crippen molar-refractivity contribution in [1.82, 2.24) is 10.3 Å². The fraction of sp³-hybridized carbons (Fsp3) is 0.250. The maximum absolute atomic E-state index is 12.2. The summed E-state index contributed by atoms with van der Waals surface area (Å²) in [5, 5.41) is 0.130. The summed E-state index contributed by atoms with van der Waals surface area (Å²) in [6.45, 7) is 1.07. The van der Waals surface area contributed by atoms with Crippen molar-refractivity contribution in [2.24, 2.45) is 0 Å². The lowest BCUT2D eigenvalue weighted by molar-refractivity contribution is -0.150. The molecule has 1 atom stereocenters. The summed E-state index contributed by atoms with van der Waals surface area (Å²) in [5.74, 6) is -1.68. The fourth-order valence-corrected chi connectivity index (χ4v) is 5.41. The molecule has 11 heteroatoms. The minimum atomic E-state index is -3.29. The first-order valence-corrected chi connectivity index (χ1v) is 10.9. The topological polar surface area (TPSA) is 124 Å². The quantitative estimate of drug-likeness (QED) is 0.631. The molecule has 1 N–H and O–H groups in total. The minimum Gasteiger partial charge on any atom is -0.492 e. The molecule has 1 spiro atoms. The number of rotatable bonds is 7. The molecule has 2 aliphatic heterocycles. The Kier molecular flexibility index (Phi) is 5.51. The van der Waals surface area contributed by atoms with E-state index in [0.29, 0.717) is 24.5 Å². The van der Waals surface area contributed by atoms with Gasteiger partial charge in [0.15, 0.2) is 5.25 Å². The van der Waals surface area contributed by atoms with Gasteiger partial charge in [0.05, 0.1) is 6.54 Å². The number of amides is 2. The highest BCUT2D eigenvalue weighted by atomic mass is 32.3. The number of imide groups is 1. The first-order valence-electron chi connectivity index (χ1n) is 9.37. The van der Waals surface area contributed by atoms with E-state index in [2.05, 4.69) is 10.3 Å². The average molecular weight is 445 g/mol. The van der Waals surface area contributed by atoms with E-state index in [1.54, 1.807) is 30.5 Å². The Morgan fingerprint density at radius 3 is 2.42 bits per heavy atom. The number of likely N-dealkylation sites (N-methyl/N-ethyl adjacent to an activating group) is 1. The smallest absolute Gasteiger partial charge is 0.441 e. The normalized spacial score (nSPS) is 20.2. The number of hydrogen-bond acceptors (Lipinski definition) is 9. The van der Waals surface area contributed by atoms with E-state index >= 15 is 0 Å². The van der Waals surface area contributed by atoms with Crippen LogP contribution in [0.4, 0.5) is 10.6 Å². The summed E-state index contributed by atoms with van der Waals surface area (Å²) in [7, 11) is -1.37. The van der Waals surface area contributed by atoms with Crippen LogP contribution in [0.1, 0.15) is 5.56 Å². The molecule has 0 saturated carbocycles. The maximum Gasteiger partial charge on any atom is 0.441 e. The average Bonchev–Trinajstić information content (AvgIpc) is 3.19. The zero-order valence-electron chi connectivity index (χ0n) is 16.5. The lowest BCUT2D eigenvalue weighted by Crippen LogP contribution is -2.27. The number of ether oxygens (including phenoxy) is 1. The molecule has 10 nitrogen and oxygen atoms in total. The molecule has 2 aromatic rings. The monoisotopic (exact) mass is 445 g/mol. The Balaban J connectivity index is 1.36. The summed E-state index contributed by atoms with van der Waals surface area (Å²) in [6, 6.07) is 12.6. The highest BCUT2D eigenvalue weighted by molar-refractivity contribution is 8.40. The first kappa shape index (κ1) is 20.7. The Morgan fingerprint density at radius 1 is 1.06 bits per heavy atom. The van der Waals surface area contributed by atoms with E-state index in [1.807, 2.05) is 30.1 Å². The molecule has 0 bridgehead atoms. The molecule has 2 aliphatic rings. The molecule has 3 heterocycles. The van der Waals surface area contributed by atoms with Crippen molar-refractivity contribution in [2.75, 3.05) is 25.1 Å². The second-order valence-electron chi connectivity index (χ2n) is 6.86. The third-order valence-electron chi connectivity index (χ3n) is 4.80. The molecule has 4 rings (SSSR count). The van der Waals surface area contributed by atoms with Crippen LogP contribution >= 0.6 is 10.6 Å². The van der Waals surface area contributed by atoms with Gasteiger partial charge in [-0.15, -0.1) is 0 Å². The number of nitrogens with one attached hydrogen (secondary N) is 1. The number of pyridine rings is 1. The zero-order valence-corrected chi connectivity index (χ0v) is 17.3. The van der Waals surface area contributed by atoms with Crippen molar-refractivity contribution in [3.8, 4) is 5.75 Å². The molecule has 31 heavy (non-hydrogen) atoms. The van der Waals surface area contributed by atoms with Crippen LogP contribution in [-0.2, 0) is 29.2 Å². The van der Waals surface area contributed by atoms with Gasteiger partial charge in [-0.1, -0.05) is 18.2 Å². The Bertz CT molecular complexity index is 1010. The first-order chi connectivity index (χ1) is 14.9. The third-order valence-corrected chi connectivity index (χ3v) is 7.34. The lowest BCUT2D eigenvalue weighted by atomic mass is 10.1. The highest BCUT2D eigenvalue weighted by Crippen LogP contribution is 2.62. The molecule has 1 aromatic heterocycles. The van der Waals surface area contributed by atoms with Gasteiger partial charge in [-0.25, -0.2) is 19.4 Å². The summed E-state index contributed by atoms with van der Waals surface area (Å²) in [6.07, 6.45) is 1.79. The number of nitrogens with zero attached hydrogens (tertiary/aromatic N) is 2. The summed E-state index contributed by atoms with van der Waals surface area (Å²) >= 11 is 0. The van der Waals surface area contributed by atoms with E-state index in [9.17, 15) is 19.2 Å². The second kappa shape index (κ2) is 8.26. The SMILES string of the molecule is CN(CCOc1ccc(CC2C(=O)NC(=O)S23OC(=O)C(=O)O3)cc1)c1ccccn1. The van der Waals surface area contributed by atoms with Gasteiger partial charge in [0.2, 0.25) is 0 Å². The predicted molar refractivity (Wildman–Crippen MR) is 110 cm³/mol. The lowest BCUT2D eigenvalue weighted by Gasteiger charge is -2.31. The van der Waals surface area contributed by atoms with Gasteiger partial charge in [0, 0.05) is 19.7 Å². The maximum atomic E-state index is 12.2. The van der Waals surface area contributed by atoms with E-state index in [4.69, 9.17) is 13.1 Å². The fourth-order valence-electron chi connectivity index (χ4n) is 3.16. The van der Waals surface area contributed by atoms with E-state index in [1.165, 1.54) is 0 Å². The van der Waals surface area contributed by atoms with Gasteiger partial charge >= 0.3 is 17.2 Å². The second-order valence-corrected chi connectivity index (χ2v) is 9.22. The van der Waals surface area contributed by atoms with Crippen LogP contribution in [-0.4, -0.2) is 53.5 Å². The molecule has 1 aromatic carbocycles. The Hall–Kier alpha value is -3.60. The number of aromatic nitrogens is 1. The summed E-state index contributed by atoms with van der Waals surface area (Å²) in [4.78, 5) is 53.6. The molecule has 2 fully saturated rings. The van der Waals surface area contributed by atoms with Crippen molar-refractivity contribution in [3.05, 3.63) is 54.2 Å². The van der Waals surface area contributed by atoms with Crippen LogP contribution in [0.5, 0.6) is 5.75 Å². The predicted octanol–water partition coefficient (Wildman–Crippen LogP) is 1.49. The van der Waals surface area contributed by atoms with Gasteiger partial charge in [-0.05, 0) is 40.4 Å². The van der Waals surface area contributed by atoms with Crippen molar-refractivity contribution in [3.63, 3.8) is 0 Å². The van der Waals surface area contributed by atoms with Gasteiger partial charge in [-0.2, -0.15) is 0 Å². The van der Waals surface area contributed by atoms with Gasteiger partial charge in [0.25, 0.3) is 5.91 Å². The molecular weight excluding hydrogens is 426 g/mol. The molecule has 1 unspecified atom stereocenters. The summed E-state index contributed by atoms with van der Waals surface area (Å²) in [5.41, 5.74) is 0.693. The number of hydrogen-bond donors (Lipinski definition) is 1. The van der Waals surface area contributed by atoms with Gasteiger partial charge in [-0.3, -0.25) is 10.1 Å². The zero-order chi connectivity index (χ0) is 22.0. The number of carbonyl (C=O) groups is 4. The third kappa shape index (κ3) is 4.04. The van der Waals surface area contributed by atoms with Crippen molar-refractivity contribution in [2.45, 2.75) is 11.7 Å². The van der Waals surface area contributed by atoms with Crippen LogP contribution in [0.25, 0.3) is 0 Å². The molecule has 0 radical (unpaired) electrons. The number of anilines is 1. The Morgan fingerprint density at radius 2 is 1.77 bits per heavy atom. The van der Waals surface area contributed by atoms with Crippen LogP contribution < -0.4 is 15.0 Å². The highest BCUT2D eigenvalue weighted by Gasteiger charge is 2.59. The molecule has 0 aliphatic carbocycles. The van der Waals surface area contributed by atoms with E-state index in [0.717, 1.165) is 5.82 Å². The molecule has 2 saturated heterocycles. The van der Waals surface area contributed by atoms with Gasteiger partial charge in [0.1, 0.15) is 18.2 Å². The standard InChI is InChI=1S/C20H19N3O7S/c1-23(16-4-2-3-9-21-16)10-11-28-14-7-5-13(6-8-14)12-15-17(24)22-20(27)31(15)29-18(25)19(26)30-31/h2-9,15H,10-12H2,1H3,(H,22,24,27). The van der Waals surface area contributed by atoms with Crippen LogP contribution in [0, 0.1) is 0 Å². The van der Waals surface area contributed by atoms with Crippen molar-refractivity contribution >= 4 is 39.5 Å². The minimum absolute atomic E-state index is 0.0656. The van der Waals surface area contributed by atoms with E-state index in [-0.39, 0.29) is 6.42 Å². The van der Waals surface area contributed by atoms with Crippen LogP contribution in [0.15, 0.2) is 48.7 Å². The molecule has 2 amide bonds. The molecule has 162 valence electrons. The molecular formula is C20H19N3O7S. The van der Waals surface area contributed by atoms with E-state index < -0.39 is 38.9 Å². The number of carbonyl (C=O) groups excluding carboxylic acids is 4. The van der Waals surface area contributed by atoms with Crippen molar-refractivity contribution in [1.29, 1.82) is 0 Å². The Labute approximate surface area is 179 Å². The van der Waals surface area contributed by atoms with Gasteiger partial charge < -0.3 is 18.0 Å². The van der Waals surface area contributed by atoms with Crippen LogP contribution in [0.2, 0.25) is 0 Å².